The van der Waals surface area contributed by atoms with Crippen LogP contribution in [0.2, 0.25) is 0 Å². The Hall–Kier alpha value is -2.94. The lowest BCUT2D eigenvalue weighted by atomic mass is 9.93. The van der Waals surface area contributed by atoms with Crippen molar-refractivity contribution >= 4 is 45.7 Å². The molecule has 0 saturated carbocycles. The predicted octanol–water partition coefficient (Wildman–Crippen LogP) is 2.27. The molecule has 3 rings (SSSR count). The fourth-order valence-electron chi connectivity index (χ4n) is 3.09. The van der Waals surface area contributed by atoms with E-state index in [2.05, 4.69) is 10.3 Å². The Bertz CT molecular complexity index is 1110. The van der Waals surface area contributed by atoms with Gasteiger partial charge in [-0.2, -0.15) is 0 Å². The number of halogens is 4. The molecule has 4 N–H and O–H groups in total. The summed E-state index contributed by atoms with van der Waals surface area (Å²) in [5.41, 5.74) is 2.97. The average Bonchev–Trinajstić information content (AvgIpc) is 2.68. The Labute approximate surface area is 193 Å². The molecule has 0 aliphatic carbocycles. The van der Waals surface area contributed by atoms with Gasteiger partial charge in [-0.3, -0.25) is 19.9 Å². The first kappa shape index (κ1) is 23.7. The lowest BCUT2D eigenvalue weighted by Gasteiger charge is -2.45. The van der Waals surface area contributed by atoms with Gasteiger partial charge < -0.3 is 21.1 Å². The third-order valence-electron chi connectivity index (χ3n) is 4.64. The van der Waals surface area contributed by atoms with Crippen molar-refractivity contribution in [3.05, 3.63) is 67.0 Å². The number of nitrogens with zero attached hydrogens (tertiary/aromatic N) is 3. The molecule has 1 heterocycles. The van der Waals surface area contributed by atoms with E-state index < -0.39 is 46.1 Å². The second kappa shape index (κ2) is 9.28. The van der Waals surface area contributed by atoms with Crippen LogP contribution < -0.4 is 11.1 Å². The molecule has 0 radical (unpaired) electrons. The van der Waals surface area contributed by atoms with Crippen LogP contribution in [0.5, 0.6) is 0 Å². The number of carbonyl (C=O) groups is 1. The molecule has 13 heteroatoms. The number of nitrogens with two attached hydrogens (primary N) is 1. The number of aliphatic hydroxyl groups is 1. The zero-order valence-electron chi connectivity index (χ0n) is 16.3. The number of aliphatic imine (C=N–C) groups is 1. The van der Waals surface area contributed by atoms with Crippen LogP contribution in [0.4, 0.5) is 24.5 Å². The molecular formula is C19H17F3IN5O4. The molecule has 0 unspecified atom stereocenters. The Morgan fingerprint density at radius 1 is 1.28 bits per heavy atom. The largest absolute Gasteiger partial charge is 0.384 e. The van der Waals surface area contributed by atoms with Gasteiger partial charge >= 0.3 is 0 Å². The van der Waals surface area contributed by atoms with Crippen molar-refractivity contribution in [3.8, 4) is 0 Å². The highest BCUT2D eigenvalue weighted by Crippen LogP contribution is 2.31. The Balaban J connectivity index is 1.78. The maximum absolute atomic E-state index is 14.5. The third-order valence-corrected chi connectivity index (χ3v) is 5.31. The van der Waals surface area contributed by atoms with E-state index in [0.717, 1.165) is 17.0 Å². The van der Waals surface area contributed by atoms with Gasteiger partial charge in [-0.1, -0.05) is 0 Å². The quantitative estimate of drug-likeness (QED) is 0.156. The van der Waals surface area contributed by atoms with E-state index in [0.29, 0.717) is 3.57 Å². The smallest absolute Gasteiger partial charge is 0.259 e. The van der Waals surface area contributed by atoms with E-state index in [1.807, 2.05) is 22.6 Å². The van der Waals surface area contributed by atoms with E-state index in [1.165, 1.54) is 12.1 Å². The second-order valence-electron chi connectivity index (χ2n) is 7.22. The molecule has 2 aromatic carbocycles. The first-order valence-corrected chi connectivity index (χ1v) is 10.2. The number of benzene rings is 2. The molecule has 0 atom stereocenters. The highest BCUT2D eigenvalue weighted by molar-refractivity contribution is 14.1. The monoisotopic (exact) mass is 563 g/mol. The number of β-amino-alcohol motifs (C(OH)–C–C–N with tert-alkyl or cyclic N) is 1. The number of anilines is 2. The fraction of sp³-hybridized carbons (Fsp3) is 0.263. The summed E-state index contributed by atoms with van der Waals surface area (Å²) in [5, 5.41) is 23.2. The number of hydrogen-bond acceptors (Lipinski definition) is 6. The van der Waals surface area contributed by atoms with Crippen LogP contribution in [-0.2, 0) is 0 Å². The van der Waals surface area contributed by atoms with Crippen molar-refractivity contribution in [2.45, 2.75) is 5.60 Å². The summed E-state index contributed by atoms with van der Waals surface area (Å²) < 4.78 is 43.1. The number of carbonyl (C=O) groups excluding carboxylic acids is 1. The van der Waals surface area contributed by atoms with Crippen LogP contribution in [0, 0.1) is 31.1 Å². The van der Waals surface area contributed by atoms with Crippen LogP contribution in [0.3, 0.4) is 0 Å². The summed E-state index contributed by atoms with van der Waals surface area (Å²) in [5.74, 6) is -4.32. The van der Waals surface area contributed by atoms with E-state index in [4.69, 9.17) is 5.73 Å². The molecule has 0 aromatic heterocycles. The maximum atomic E-state index is 14.5. The normalized spacial score (nSPS) is 15.3. The summed E-state index contributed by atoms with van der Waals surface area (Å²) in [6.45, 7) is -1.38. The highest BCUT2D eigenvalue weighted by atomic mass is 127. The summed E-state index contributed by atoms with van der Waals surface area (Å²) in [7, 11) is 0. The van der Waals surface area contributed by atoms with Crippen molar-refractivity contribution < 1.29 is 28.0 Å². The second-order valence-corrected chi connectivity index (χ2v) is 8.46. The van der Waals surface area contributed by atoms with Gasteiger partial charge in [-0.05, 0) is 52.9 Å². The SMILES string of the molecule is NC(C[N+](=O)[O-])=NCC1(O)CN(C(=O)c2ccc(F)c(F)c2Nc2ccc(I)cc2F)C1. The van der Waals surface area contributed by atoms with Crippen LogP contribution in [-0.4, -0.2) is 58.5 Å². The molecule has 1 aliphatic heterocycles. The van der Waals surface area contributed by atoms with Gasteiger partial charge in [0.15, 0.2) is 17.5 Å². The molecular weight excluding hydrogens is 546 g/mol. The first-order valence-electron chi connectivity index (χ1n) is 9.11. The lowest BCUT2D eigenvalue weighted by Crippen LogP contribution is -2.65. The van der Waals surface area contributed by atoms with Gasteiger partial charge in [0.05, 0.1) is 36.6 Å². The van der Waals surface area contributed by atoms with Gasteiger partial charge in [0.2, 0.25) is 0 Å². The molecule has 32 heavy (non-hydrogen) atoms. The number of hydrogen-bond donors (Lipinski definition) is 3. The van der Waals surface area contributed by atoms with Gasteiger partial charge in [-0.25, -0.2) is 13.2 Å². The first-order chi connectivity index (χ1) is 15.0. The van der Waals surface area contributed by atoms with Gasteiger partial charge in [0.1, 0.15) is 11.4 Å². The van der Waals surface area contributed by atoms with Gasteiger partial charge in [-0.15, -0.1) is 0 Å². The Kier molecular flexibility index (Phi) is 6.88. The number of nitro groups is 1. The molecule has 0 bridgehead atoms. The molecule has 9 nitrogen and oxygen atoms in total. The predicted molar refractivity (Wildman–Crippen MR) is 118 cm³/mol. The Morgan fingerprint density at radius 3 is 2.59 bits per heavy atom. The summed E-state index contributed by atoms with van der Waals surface area (Å²) in [6.07, 6.45) is 0. The van der Waals surface area contributed by atoms with Crippen molar-refractivity contribution in [1.29, 1.82) is 0 Å². The standard InChI is InChI=1S/C19H17F3IN5O4/c20-12-3-2-11(17(16(12)22)26-14-4-1-10(23)5-13(14)21)18(29)27-8-19(30,9-27)7-25-15(24)6-28(31)32/h1-5,26,30H,6-9H2,(H2,24,25). The third kappa shape index (κ3) is 5.27. The number of nitrogens with one attached hydrogen (secondary N) is 1. The van der Waals surface area contributed by atoms with Crippen LogP contribution >= 0.6 is 22.6 Å². The topological polar surface area (TPSA) is 134 Å². The lowest BCUT2D eigenvalue weighted by molar-refractivity contribution is -0.463. The van der Waals surface area contributed by atoms with Crippen molar-refractivity contribution in [1.82, 2.24) is 4.90 Å². The number of rotatable bonds is 7. The molecule has 1 fully saturated rings. The summed E-state index contributed by atoms with van der Waals surface area (Å²) in [6, 6.07) is 5.88. The van der Waals surface area contributed by atoms with E-state index in [1.54, 1.807) is 6.07 Å². The minimum absolute atomic E-state index is 0.153. The van der Waals surface area contributed by atoms with Crippen LogP contribution in [0.1, 0.15) is 10.4 Å². The highest BCUT2D eigenvalue weighted by Gasteiger charge is 2.44. The average molecular weight is 563 g/mol. The number of likely N-dealkylation sites (tertiary alicyclic amines) is 1. The molecule has 1 aliphatic rings. The molecule has 1 saturated heterocycles. The minimum Gasteiger partial charge on any atom is -0.384 e. The van der Waals surface area contributed by atoms with Crippen molar-refractivity contribution in [2.24, 2.45) is 10.7 Å². The zero-order valence-corrected chi connectivity index (χ0v) is 18.5. The number of amides is 1. The van der Waals surface area contributed by atoms with Gasteiger partial charge in [0.25, 0.3) is 12.5 Å². The van der Waals surface area contributed by atoms with Crippen LogP contribution in [0.25, 0.3) is 0 Å². The van der Waals surface area contributed by atoms with Crippen molar-refractivity contribution in [3.63, 3.8) is 0 Å². The summed E-state index contributed by atoms with van der Waals surface area (Å²) >= 11 is 1.89. The Morgan fingerprint density at radius 2 is 1.97 bits per heavy atom. The summed E-state index contributed by atoms with van der Waals surface area (Å²) in [4.78, 5) is 27.5. The zero-order chi connectivity index (χ0) is 23.6. The van der Waals surface area contributed by atoms with Gasteiger partial charge in [0, 0.05) is 8.49 Å². The van der Waals surface area contributed by atoms with E-state index >= 15 is 0 Å². The number of amidine groups is 1. The van der Waals surface area contributed by atoms with Crippen molar-refractivity contribution in [2.75, 3.05) is 31.5 Å². The minimum atomic E-state index is -1.47. The fourth-order valence-corrected chi connectivity index (χ4v) is 3.54. The van der Waals surface area contributed by atoms with E-state index in [-0.39, 0.29) is 36.7 Å². The molecule has 0 spiro atoms. The maximum Gasteiger partial charge on any atom is 0.259 e. The molecule has 170 valence electrons. The van der Waals surface area contributed by atoms with Crippen LogP contribution in [0.15, 0.2) is 35.3 Å². The molecule has 2 aromatic rings. The van der Waals surface area contributed by atoms with E-state index in [9.17, 15) is 33.2 Å². The molecule has 1 amide bonds.